The van der Waals surface area contributed by atoms with Crippen LogP contribution in [0.15, 0.2) is 48.5 Å². The van der Waals surface area contributed by atoms with Gasteiger partial charge in [0.25, 0.3) is 5.91 Å². The average Bonchev–Trinajstić information content (AvgIpc) is 3.34. The van der Waals surface area contributed by atoms with Crippen LogP contribution in [-0.2, 0) is 11.2 Å². The Labute approximate surface area is 188 Å². The monoisotopic (exact) mass is 440 g/mol. The Balaban J connectivity index is 1.27. The van der Waals surface area contributed by atoms with Crippen molar-refractivity contribution in [2.24, 2.45) is 5.92 Å². The van der Waals surface area contributed by atoms with Gasteiger partial charge >= 0.3 is 0 Å². The van der Waals surface area contributed by atoms with Gasteiger partial charge in [0.2, 0.25) is 5.91 Å². The molecular weight excluding hydrogens is 412 g/mol. The summed E-state index contributed by atoms with van der Waals surface area (Å²) in [5.74, 6) is 1.28. The van der Waals surface area contributed by atoms with E-state index in [4.69, 9.17) is 16.3 Å². The standard InChI is InChI=1S/C25H29ClN2O3/c26-23-8-2-1-7-21(23)16-24(29)28-15-5-6-19(17-28)18-31-22-11-9-20(10-12-22)25(30)27-13-3-4-14-27/h1-2,7-12,19H,3-6,13-18H2/t19-/m0/s1. The van der Waals surface area contributed by atoms with Crippen LogP contribution in [-0.4, -0.2) is 54.4 Å². The van der Waals surface area contributed by atoms with Crippen LogP contribution < -0.4 is 4.74 Å². The molecule has 31 heavy (non-hydrogen) atoms. The molecule has 2 saturated heterocycles. The number of piperidine rings is 1. The van der Waals surface area contributed by atoms with Gasteiger partial charge in [-0.25, -0.2) is 0 Å². The fourth-order valence-electron chi connectivity index (χ4n) is 4.35. The lowest BCUT2D eigenvalue weighted by molar-refractivity contribution is -0.132. The van der Waals surface area contributed by atoms with E-state index in [1.807, 2.05) is 58.3 Å². The molecule has 2 aliphatic rings. The maximum absolute atomic E-state index is 12.7. The van der Waals surface area contributed by atoms with E-state index in [0.717, 1.165) is 56.6 Å². The van der Waals surface area contributed by atoms with E-state index in [-0.39, 0.29) is 11.8 Å². The normalized spacial score (nSPS) is 18.8. The summed E-state index contributed by atoms with van der Waals surface area (Å²) in [6, 6.07) is 14.9. The van der Waals surface area contributed by atoms with Crippen molar-refractivity contribution >= 4 is 23.4 Å². The molecule has 2 heterocycles. The second kappa shape index (κ2) is 10.2. The van der Waals surface area contributed by atoms with E-state index in [1.165, 1.54) is 0 Å². The summed E-state index contributed by atoms with van der Waals surface area (Å²) >= 11 is 6.21. The Morgan fingerprint density at radius 2 is 1.65 bits per heavy atom. The highest BCUT2D eigenvalue weighted by molar-refractivity contribution is 6.31. The first-order valence-electron chi connectivity index (χ1n) is 11.1. The maximum Gasteiger partial charge on any atom is 0.253 e. The van der Waals surface area contributed by atoms with Gasteiger partial charge in [-0.15, -0.1) is 0 Å². The maximum atomic E-state index is 12.7. The lowest BCUT2D eigenvalue weighted by atomic mass is 9.98. The van der Waals surface area contributed by atoms with Crippen LogP contribution in [0, 0.1) is 5.92 Å². The first-order chi connectivity index (χ1) is 15.1. The smallest absolute Gasteiger partial charge is 0.253 e. The zero-order chi connectivity index (χ0) is 21.6. The van der Waals surface area contributed by atoms with Crippen LogP contribution in [0.25, 0.3) is 0 Å². The molecule has 4 rings (SSSR count). The van der Waals surface area contributed by atoms with Crippen LogP contribution in [0.1, 0.15) is 41.6 Å². The second-order valence-corrected chi connectivity index (χ2v) is 8.86. The van der Waals surface area contributed by atoms with Crippen molar-refractivity contribution in [1.82, 2.24) is 9.80 Å². The van der Waals surface area contributed by atoms with Gasteiger partial charge in [-0.1, -0.05) is 29.8 Å². The van der Waals surface area contributed by atoms with Crippen LogP contribution >= 0.6 is 11.6 Å². The summed E-state index contributed by atoms with van der Waals surface area (Å²) in [5.41, 5.74) is 1.58. The van der Waals surface area contributed by atoms with Gasteiger partial charge in [-0.05, 0) is 61.6 Å². The molecule has 2 aromatic rings. The molecular formula is C25H29ClN2O3. The van der Waals surface area contributed by atoms with Crippen molar-refractivity contribution in [2.75, 3.05) is 32.8 Å². The van der Waals surface area contributed by atoms with Gasteiger partial charge in [-0.3, -0.25) is 9.59 Å². The summed E-state index contributed by atoms with van der Waals surface area (Å²) < 4.78 is 5.99. The van der Waals surface area contributed by atoms with E-state index in [1.54, 1.807) is 0 Å². The van der Waals surface area contributed by atoms with Crippen molar-refractivity contribution in [1.29, 1.82) is 0 Å². The van der Waals surface area contributed by atoms with Gasteiger partial charge in [-0.2, -0.15) is 0 Å². The molecule has 0 unspecified atom stereocenters. The summed E-state index contributed by atoms with van der Waals surface area (Å²) in [4.78, 5) is 29.0. The Hall–Kier alpha value is -2.53. The van der Waals surface area contributed by atoms with Crippen LogP contribution in [0.3, 0.4) is 0 Å². The fourth-order valence-corrected chi connectivity index (χ4v) is 4.56. The van der Waals surface area contributed by atoms with Gasteiger partial charge in [0.15, 0.2) is 0 Å². The zero-order valence-electron chi connectivity index (χ0n) is 17.8. The number of rotatable bonds is 6. The summed E-state index contributed by atoms with van der Waals surface area (Å²) in [6.45, 7) is 3.76. The minimum absolute atomic E-state index is 0.101. The average molecular weight is 441 g/mol. The lowest BCUT2D eigenvalue weighted by Crippen LogP contribution is -2.42. The topological polar surface area (TPSA) is 49.9 Å². The first-order valence-corrected chi connectivity index (χ1v) is 11.5. The Morgan fingerprint density at radius 3 is 2.39 bits per heavy atom. The van der Waals surface area contributed by atoms with Crippen LogP contribution in [0.5, 0.6) is 5.75 Å². The highest BCUT2D eigenvalue weighted by atomic mass is 35.5. The van der Waals surface area contributed by atoms with E-state index in [9.17, 15) is 9.59 Å². The molecule has 6 heteroatoms. The van der Waals surface area contributed by atoms with E-state index >= 15 is 0 Å². The summed E-state index contributed by atoms with van der Waals surface area (Å²) in [6.07, 6.45) is 4.53. The third-order valence-corrected chi connectivity index (χ3v) is 6.52. The van der Waals surface area contributed by atoms with E-state index in [2.05, 4.69) is 0 Å². The van der Waals surface area contributed by atoms with Crippen LogP contribution in [0.4, 0.5) is 0 Å². The van der Waals surface area contributed by atoms with Crippen molar-refractivity contribution in [3.05, 3.63) is 64.7 Å². The number of ether oxygens (including phenoxy) is 1. The molecule has 2 aliphatic heterocycles. The Kier molecular flexibility index (Phi) is 7.13. The SMILES string of the molecule is O=C(Cc1ccccc1Cl)N1CCC[C@H](COc2ccc(C(=O)N3CCCC3)cc2)C1. The Bertz CT molecular complexity index is 909. The molecule has 0 bridgehead atoms. The molecule has 0 saturated carbocycles. The number of nitrogens with zero attached hydrogens (tertiary/aromatic N) is 2. The van der Waals surface area contributed by atoms with Crippen LogP contribution in [0.2, 0.25) is 5.02 Å². The molecule has 2 aromatic carbocycles. The van der Waals surface area contributed by atoms with Crippen molar-refractivity contribution in [3.8, 4) is 5.75 Å². The third-order valence-electron chi connectivity index (χ3n) is 6.15. The Morgan fingerprint density at radius 1 is 0.935 bits per heavy atom. The van der Waals surface area contributed by atoms with Gasteiger partial charge < -0.3 is 14.5 Å². The molecule has 0 aromatic heterocycles. The lowest BCUT2D eigenvalue weighted by Gasteiger charge is -2.33. The second-order valence-electron chi connectivity index (χ2n) is 8.45. The molecule has 2 fully saturated rings. The summed E-state index contributed by atoms with van der Waals surface area (Å²) in [7, 11) is 0. The molecule has 0 spiro atoms. The predicted molar refractivity (Wildman–Crippen MR) is 122 cm³/mol. The number of carbonyl (C=O) groups is 2. The van der Waals surface area contributed by atoms with Gasteiger partial charge in [0.05, 0.1) is 13.0 Å². The summed E-state index contributed by atoms with van der Waals surface area (Å²) in [5, 5.41) is 0.638. The number of hydrogen-bond acceptors (Lipinski definition) is 3. The van der Waals surface area contributed by atoms with Gasteiger partial charge in [0, 0.05) is 42.7 Å². The number of amides is 2. The fraction of sp³-hybridized carbons (Fsp3) is 0.440. The number of benzene rings is 2. The molecule has 164 valence electrons. The van der Waals surface area contributed by atoms with Crippen molar-refractivity contribution in [2.45, 2.75) is 32.1 Å². The highest BCUT2D eigenvalue weighted by Gasteiger charge is 2.25. The minimum atomic E-state index is 0.101. The van der Waals surface area contributed by atoms with Gasteiger partial charge in [0.1, 0.15) is 5.75 Å². The molecule has 0 radical (unpaired) electrons. The molecule has 1 atom stereocenters. The number of carbonyl (C=O) groups excluding carboxylic acids is 2. The molecule has 0 aliphatic carbocycles. The number of hydrogen-bond donors (Lipinski definition) is 0. The predicted octanol–water partition coefficient (Wildman–Crippen LogP) is 4.44. The highest BCUT2D eigenvalue weighted by Crippen LogP contribution is 2.22. The number of likely N-dealkylation sites (tertiary alicyclic amines) is 2. The largest absolute Gasteiger partial charge is 0.493 e. The van der Waals surface area contributed by atoms with E-state index < -0.39 is 0 Å². The molecule has 0 N–H and O–H groups in total. The first kappa shape index (κ1) is 21.7. The third kappa shape index (κ3) is 5.59. The van der Waals surface area contributed by atoms with E-state index in [0.29, 0.717) is 36.1 Å². The van der Waals surface area contributed by atoms with Crippen molar-refractivity contribution in [3.63, 3.8) is 0 Å². The number of halogens is 1. The van der Waals surface area contributed by atoms with Crippen molar-refractivity contribution < 1.29 is 14.3 Å². The molecule has 2 amide bonds. The quantitative estimate of drug-likeness (QED) is 0.667. The minimum Gasteiger partial charge on any atom is -0.493 e. The molecule has 5 nitrogen and oxygen atoms in total. The zero-order valence-corrected chi connectivity index (χ0v) is 18.5.